The average Bonchev–Trinajstić information content (AvgIpc) is 2.26. The quantitative estimate of drug-likeness (QED) is 0.586. The Kier molecular flexibility index (Phi) is 2.61. The van der Waals surface area contributed by atoms with Crippen LogP contribution in [0.3, 0.4) is 0 Å². The fourth-order valence-electron chi connectivity index (χ4n) is 2.77. The first kappa shape index (κ1) is 11.3. The highest BCUT2D eigenvalue weighted by atomic mass is 16.1. The second kappa shape index (κ2) is 3.69. The Morgan fingerprint density at radius 1 is 0.750 bits per heavy atom. The number of rotatable bonds is 0. The first-order valence-corrected chi connectivity index (χ1v) is 5.84. The monoisotopic (exact) mass is 218 g/mol. The van der Waals surface area contributed by atoms with Gasteiger partial charge in [0.05, 0.1) is 0 Å². The molecular formula is C14H18O2. The largest absolute Gasteiger partial charge is 0.294 e. The highest BCUT2D eigenvalue weighted by Gasteiger charge is 2.41. The number of hydrogen-bond acceptors (Lipinski definition) is 2. The molecule has 16 heavy (non-hydrogen) atoms. The van der Waals surface area contributed by atoms with Crippen LogP contribution in [0.5, 0.6) is 0 Å². The van der Waals surface area contributed by atoms with E-state index in [0.29, 0.717) is 11.1 Å². The van der Waals surface area contributed by atoms with Crippen LogP contribution in [0.25, 0.3) is 0 Å². The van der Waals surface area contributed by atoms with Crippen LogP contribution in [0.2, 0.25) is 0 Å². The van der Waals surface area contributed by atoms with Crippen LogP contribution < -0.4 is 0 Å². The Morgan fingerprint density at radius 3 is 1.38 bits per heavy atom. The van der Waals surface area contributed by atoms with Gasteiger partial charge in [0, 0.05) is 11.8 Å². The summed E-state index contributed by atoms with van der Waals surface area (Å²) in [7, 11) is 0. The molecular weight excluding hydrogens is 200 g/mol. The third-order valence-electron chi connectivity index (χ3n) is 4.24. The Morgan fingerprint density at radius 2 is 1.06 bits per heavy atom. The van der Waals surface area contributed by atoms with E-state index in [4.69, 9.17) is 0 Å². The van der Waals surface area contributed by atoms with Crippen molar-refractivity contribution >= 4 is 11.6 Å². The Balaban J connectivity index is 2.44. The van der Waals surface area contributed by atoms with Crippen LogP contribution in [0, 0.1) is 11.8 Å². The molecule has 0 saturated heterocycles. The Hall–Kier alpha value is -1.18. The first-order valence-electron chi connectivity index (χ1n) is 5.84. The minimum absolute atomic E-state index is 0.0834. The summed E-state index contributed by atoms with van der Waals surface area (Å²) in [6.07, 6.45) is 1.54. The van der Waals surface area contributed by atoms with Gasteiger partial charge in [0.15, 0.2) is 11.6 Å². The molecule has 0 saturated carbocycles. The normalized spacial score (nSPS) is 31.0. The lowest BCUT2D eigenvalue weighted by atomic mass is 9.66. The van der Waals surface area contributed by atoms with E-state index < -0.39 is 0 Å². The Bertz CT molecular complexity index is 398. The van der Waals surface area contributed by atoms with E-state index in [1.807, 2.05) is 0 Å². The van der Waals surface area contributed by atoms with E-state index in [9.17, 15) is 9.59 Å². The molecule has 0 unspecified atom stereocenters. The summed E-state index contributed by atoms with van der Waals surface area (Å²) in [5.74, 6) is 0.211. The van der Waals surface area contributed by atoms with Gasteiger partial charge >= 0.3 is 0 Å². The second-order valence-corrected chi connectivity index (χ2v) is 5.16. The summed E-state index contributed by atoms with van der Waals surface area (Å²) in [4.78, 5) is 24.3. The fourth-order valence-corrected chi connectivity index (χ4v) is 2.77. The molecule has 0 N–H and O–H groups in total. The van der Waals surface area contributed by atoms with E-state index in [0.717, 1.165) is 12.8 Å². The zero-order valence-electron chi connectivity index (χ0n) is 10.4. The molecule has 0 aromatic carbocycles. The van der Waals surface area contributed by atoms with Gasteiger partial charge in [-0.05, 0) is 51.7 Å². The molecule has 0 fully saturated rings. The van der Waals surface area contributed by atoms with Gasteiger partial charge in [-0.2, -0.15) is 0 Å². The van der Waals surface area contributed by atoms with Crippen LogP contribution in [0.4, 0.5) is 0 Å². The van der Waals surface area contributed by atoms with Gasteiger partial charge in [0.2, 0.25) is 0 Å². The predicted molar refractivity (Wildman–Crippen MR) is 63.0 cm³/mol. The third-order valence-corrected chi connectivity index (χ3v) is 4.24. The molecule has 2 heteroatoms. The summed E-state index contributed by atoms with van der Waals surface area (Å²) in [5.41, 5.74) is 3.93. The maximum Gasteiger partial charge on any atom is 0.163 e. The molecule has 2 rings (SSSR count). The molecule has 2 nitrogen and oxygen atoms in total. The van der Waals surface area contributed by atoms with Gasteiger partial charge in [-0.15, -0.1) is 0 Å². The number of carbonyl (C=O) groups is 2. The second-order valence-electron chi connectivity index (χ2n) is 5.16. The molecule has 86 valence electrons. The van der Waals surface area contributed by atoms with Crippen LogP contribution in [-0.4, -0.2) is 11.6 Å². The van der Waals surface area contributed by atoms with Crippen LogP contribution in [0.15, 0.2) is 22.3 Å². The van der Waals surface area contributed by atoms with Gasteiger partial charge in [-0.3, -0.25) is 9.59 Å². The van der Waals surface area contributed by atoms with Crippen LogP contribution in [0.1, 0.15) is 40.5 Å². The van der Waals surface area contributed by atoms with Crippen molar-refractivity contribution in [1.29, 1.82) is 0 Å². The molecule has 0 radical (unpaired) electrons. The molecule has 0 spiro atoms. The number of ketones is 2. The van der Waals surface area contributed by atoms with E-state index >= 15 is 0 Å². The van der Waals surface area contributed by atoms with Crippen LogP contribution in [-0.2, 0) is 9.59 Å². The zero-order valence-corrected chi connectivity index (χ0v) is 10.4. The van der Waals surface area contributed by atoms with Crippen molar-refractivity contribution in [1.82, 2.24) is 0 Å². The maximum atomic E-state index is 12.1. The molecule has 0 amide bonds. The van der Waals surface area contributed by atoms with Crippen molar-refractivity contribution in [3.63, 3.8) is 0 Å². The smallest absolute Gasteiger partial charge is 0.163 e. The summed E-state index contributed by atoms with van der Waals surface area (Å²) in [5, 5.41) is 0. The van der Waals surface area contributed by atoms with Crippen molar-refractivity contribution in [2.75, 3.05) is 0 Å². The minimum Gasteiger partial charge on any atom is -0.294 e. The topological polar surface area (TPSA) is 34.1 Å². The highest BCUT2D eigenvalue weighted by molar-refractivity contribution is 6.13. The van der Waals surface area contributed by atoms with E-state index in [2.05, 4.69) is 13.8 Å². The predicted octanol–water partition coefficient (Wildman–Crippen LogP) is 2.84. The van der Waals surface area contributed by atoms with Gasteiger partial charge in [0.25, 0.3) is 0 Å². The molecule has 2 atom stereocenters. The molecule has 2 aliphatic carbocycles. The van der Waals surface area contributed by atoms with Crippen molar-refractivity contribution in [2.45, 2.75) is 40.5 Å². The summed E-state index contributed by atoms with van der Waals surface area (Å²) in [6, 6.07) is 0. The van der Waals surface area contributed by atoms with Gasteiger partial charge in [0.1, 0.15) is 0 Å². The first-order chi connectivity index (χ1) is 7.43. The van der Waals surface area contributed by atoms with E-state index in [1.165, 1.54) is 11.1 Å². The number of carbonyl (C=O) groups excluding carboxylic acids is 2. The van der Waals surface area contributed by atoms with Crippen molar-refractivity contribution in [3.05, 3.63) is 22.3 Å². The Labute approximate surface area is 96.4 Å². The molecule has 0 aromatic rings. The SMILES string of the molecule is CC1=C(C)C[C@H]2C(=O)C(C)=C(C)C(=O)[C@H]2C1. The lowest BCUT2D eigenvalue weighted by Gasteiger charge is -2.35. The van der Waals surface area contributed by atoms with Gasteiger partial charge in [-0.25, -0.2) is 0 Å². The molecule has 0 aromatic heterocycles. The average molecular weight is 218 g/mol. The lowest BCUT2D eigenvalue weighted by Crippen LogP contribution is -2.38. The summed E-state index contributed by atoms with van der Waals surface area (Å²) >= 11 is 0. The van der Waals surface area contributed by atoms with E-state index in [1.54, 1.807) is 13.8 Å². The fraction of sp³-hybridized carbons (Fsp3) is 0.571. The number of Topliss-reactive ketones (excluding diaryl/α,β-unsaturated/α-hetero) is 2. The van der Waals surface area contributed by atoms with Gasteiger partial charge in [-0.1, -0.05) is 11.1 Å². The van der Waals surface area contributed by atoms with Crippen LogP contribution >= 0.6 is 0 Å². The molecule has 0 bridgehead atoms. The highest BCUT2D eigenvalue weighted by Crippen LogP contribution is 2.40. The zero-order chi connectivity index (χ0) is 12.0. The van der Waals surface area contributed by atoms with Crippen molar-refractivity contribution in [3.8, 4) is 0 Å². The maximum absolute atomic E-state index is 12.1. The summed E-state index contributed by atoms with van der Waals surface area (Å²) in [6.45, 7) is 7.71. The van der Waals surface area contributed by atoms with Gasteiger partial charge < -0.3 is 0 Å². The number of hydrogen-bond donors (Lipinski definition) is 0. The van der Waals surface area contributed by atoms with Crippen molar-refractivity contribution in [2.24, 2.45) is 11.8 Å². The van der Waals surface area contributed by atoms with E-state index in [-0.39, 0.29) is 23.4 Å². The standard InChI is InChI=1S/C14H18O2/c1-7-5-11-12(6-8(7)2)14(16)10(4)9(3)13(11)15/h11-12H,5-6H2,1-4H3/t11-,12+. The number of fused-ring (bicyclic) bond motifs is 1. The molecule has 2 aliphatic rings. The van der Waals surface area contributed by atoms with Crippen molar-refractivity contribution < 1.29 is 9.59 Å². The molecule has 0 heterocycles. The number of allylic oxidation sites excluding steroid dienone is 4. The third kappa shape index (κ3) is 1.48. The molecule has 0 aliphatic heterocycles. The lowest BCUT2D eigenvalue weighted by molar-refractivity contribution is -0.130. The minimum atomic E-state index is -0.0834. The summed E-state index contributed by atoms with van der Waals surface area (Å²) < 4.78 is 0.